The molecule has 5 heteroatoms. The lowest BCUT2D eigenvalue weighted by molar-refractivity contribution is -0.130. The number of nitrogens with zero attached hydrogens (tertiary/aromatic N) is 2. The van der Waals surface area contributed by atoms with E-state index in [0.717, 1.165) is 12.8 Å². The van der Waals surface area contributed by atoms with Crippen LogP contribution in [-0.2, 0) is 9.47 Å². The summed E-state index contributed by atoms with van der Waals surface area (Å²) in [5.74, 6) is 0. The quantitative estimate of drug-likeness (QED) is 0.342. The number of rotatable bonds is 16. The molecule has 1 aliphatic rings. The van der Waals surface area contributed by atoms with E-state index in [-0.39, 0.29) is 18.5 Å². The van der Waals surface area contributed by atoms with E-state index in [4.69, 9.17) is 9.47 Å². The molecule has 0 bridgehead atoms. The van der Waals surface area contributed by atoms with Crippen LogP contribution in [0.5, 0.6) is 0 Å². The molecular weight excluding hydrogens is 328 g/mol. The zero-order chi connectivity index (χ0) is 19.2. The molecular formula is C21H42N2O3. The maximum atomic E-state index is 12.2. The number of ether oxygens (including phenoxy) is 2. The van der Waals surface area contributed by atoms with Crippen molar-refractivity contribution in [1.82, 2.24) is 9.80 Å². The van der Waals surface area contributed by atoms with E-state index < -0.39 is 0 Å². The van der Waals surface area contributed by atoms with Crippen molar-refractivity contribution in [2.45, 2.75) is 103 Å². The van der Waals surface area contributed by atoms with Gasteiger partial charge in [-0.05, 0) is 12.8 Å². The molecule has 0 radical (unpaired) electrons. The van der Waals surface area contributed by atoms with Gasteiger partial charge in [-0.25, -0.2) is 4.79 Å². The van der Waals surface area contributed by atoms with E-state index >= 15 is 0 Å². The molecule has 1 fully saturated rings. The van der Waals surface area contributed by atoms with Crippen molar-refractivity contribution in [2.75, 3.05) is 27.3 Å². The Morgan fingerprint density at radius 1 is 0.654 bits per heavy atom. The third-order valence-corrected chi connectivity index (χ3v) is 5.18. The summed E-state index contributed by atoms with van der Waals surface area (Å²) < 4.78 is 12.0. The van der Waals surface area contributed by atoms with Crippen LogP contribution in [0, 0.1) is 0 Å². The first-order valence-corrected chi connectivity index (χ1v) is 10.9. The molecule has 0 aromatic rings. The van der Waals surface area contributed by atoms with Crippen molar-refractivity contribution in [3.63, 3.8) is 0 Å². The van der Waals surface area contributed by atoms with E-state index in [0.29, 0.717) is 13.2 Å². The van der Waals surface area contributed by atoms with Crippen molar-refractivity contribution >= 4 is 6.03 Å². The van der Waals surface area contributed by atoms with Gasteiger partial charge >= 0.3 is 6.03 Å². The standard InChI is InChI=1S/C21H42N2O3/c1-5-7-9-11-13-15-17-25-19-20(23(4)21(24)22(19)3)26-18-16-14-12-10-8-6-2/h19-20H,5-18H2,1-4H3. The summed E-state index contributed by atoms with van der Waals surface area (Å²) in [4.78, 5) is 15.6. The van der Waals surface area contributed by atoms with Crippen molar-refractivity contribution in [3.8, 4) is 0 Å². The highest BCUT2D eigenvalue weighted by molar-refractivity contribution is 5.76. The number of carbonyl (C=O) groups is 1. The second-order valence-electron chi connectivity index (χ2n) is 7.56. The number of urea groups is 1. The molecule has 2 amide bonds. The highest BCUT2D eigenvalue weighted by atomic mass is 16.6. The fourth-order valence-electron chi connectivity index (χ4n) is 3.41. The summed E-state index contributed by atoms with van der Waals surface area (Å²) >= 11 is 0. The summed E-state index contributed by atoms with van der Waals surface area (Å²) in [7, 11) is 3.61. The van der Waals surface area contributed by atoms with Gasteiger partial charge in [-0.1, -0.05) is 78.1 Å². The van der Waals surface area contributed by atoms with Crippen LogP contribution in [0.1, 0.15) is 90.9 Å². The molecule has 154 valence electrons. The van der Waals surface area contributed by atoms with Gasteiger partial charge in [-0.3, -0.25) is 9.80 Å². The summed E-state index contributed by atoms with van der Waals surface area (Å²) in [5, 5.41) is 0. The minimum Gasteiger partial charge on any atom is -0.353 e. The van der Waals surface area contributed by atoms with Gasteiger partial charge in [0.25, 0.3) is 0 Å². The Morgan fingerprint density at radius 3 is 1.38 bits per heavy atom. The van der Waals surface area contributed by atoms with Crippen molar-refractivity contribution in [3.05, 3.63) is 0 Å². The Morgan fingerprint density at radius 2 is 1.00 bits per heavy atom. The fraction of sp³-hybridized carbons (Fsp3) is 0.952. The molecule has 0 spiro atoms. The van der Waals surface area contributed by atoms with E-state index in [9.17, 15) is 4.79 Å². The zero-order valence-electron chi connectivity index (χ0n) is 17.7. The highest BCUT2D eigenvalue weighted by Gasteiger charge is 2.43. The smallest absolute Gasteiger partial charge is 0.323 e. The van der Waals surface area contributed by atoms with E-state index in [1.165, 1.54) is 64.2 Å². The van der Waals surface area contributed by atoms with Crippen LogP contribution in [0.4, 0.5) is 4.79 Å². The van der Waals surface area contributed by atoms with Gasteiger partial charge in [-0.2, -0.15) is 0 Å². The first-order valence-electron chi connectivity index (χ1n) is 10.9. The third kappa shape index (κ3) is 8.26. The SMILES string of the molecule is CCCCCCCCOC1C(OCCCCCCCC)N(C)C(=O)N1C. The van der Waals surface area contributed by atoms with Gasteiger partial charge in [0, 0.05) is 27.3 Å². The Balaban J connectivity index is 2.26. The molecule has 1 heterocycles. The average Bonchev–Trinajstić information content (AvgIpc) is 2.84. The number of unbranched alkanes of at least 4 members (excludes halogenated alkanes) is 10. The molecule has 2 unspecified atom stereocenters. The molecule has 2 atom stereocenters. The molecule has 0 aromatic heterocycles. The summed E-state index contributed by atoms with van der Waals surface area (Å²) in [6.07, 6.45) is 14.3. The number of carbonyl (C=O) groups excluding carboxylic acids is 1. The molecule has 0 aliphatic carbocycles. The maximum Gasteiger partial charge on any atom is 0.323 e. The first-order chi connectivity index (χ1) is 12.6. The number of hydrogen-bond donors (Lipinski definition) is 0. The number of likely N-dealkylation sites (N-methyl/N-ethyl adjacent to an activating group) is 2. The summed E-state index contributed by atoms with van der Waals surface area (Å²) in [6, 6.07) is -0.0223. The van der Waals surface area contributed by atoms with Gasteiger partial charge in [0.05, 0.1) is 0 Å². The van der Waals surface area contributed by atoms with Gasteiger partial charge in [0.15, 0.2) is 12.5 Å². The minimum atomic E-state index is -0.289. The maximum absolute atomic E-state index is 12.2. The lowest BCUT2D eigenvalue weighted by Crippen LogP contribution is -2.39. The van der Waals surface area contributed by atoms with Crippen LogP contribution >= 0.6 is 0 Å². The normalized spacial score (nSPS) is 20.4. The summed E-state index contributed by atoms with van der Waals surface area (Å²) in [6.45, 7) is 5.86. The molecule has 5 nitrogen and oxygen atoms in total. The number of hydrogen-bond acceptors (Lipinski definition) is 3. The van der Waals surface area contributed by atoms with E-state index in [1.54, 1.807) is 23.9 Å². The van der Waals surface area contributed by atoms with Crippen molar-refractivity contribution < 1.29 is 14.3 Å². The Hall–Kier alpha value is -0.810. The number of amides is 2. The molecule has 0 N–H and O–H groups in total. The van der Waals surface area contributed by atoms with Gasteiger partial charge in [0.2, 0.25) is 0 Å². The van der Waals surface area contributed by atoms with E-state index in [1.807, 2.05) is 0 Å². The van der Waals surface area contributed by atoms with E-state index in [2.05, 4.69) is 13.8 Å². The molecule has 0 aromatic carbocycles. The first kappa shape index (κ1) is 23.2. The summed E-state index contributed by atoms with van der Waals surface area (Å²) in [5.41, 5.74) is 0. The van der Waals surface area contributed by atoms with Crippen molar-refractivity contribution in [2.24, 2.45) is 0 Å². The zero-order valence-corrected chi connectivity index (χ0v) is 17.7. The predicted octanol–water partition coefficient (Wildman–Crippen LogP) is 5.39. The van der Waals surface area contributed by atoms with Crippen LogP contribution in [0.2, 0.25) is 0 Å². The third-order valence-electron chi connectivity index (χ3n) is 5.18. The van der Waals surface area contributed by atoms with Crippen LogP contribution < -0.4 is 0 Å². The molecule has 1 rings (SSSR count). The van der Waals surface area contributed by atoms with Crippen LogP contribution in [-0.4, -0.2) is 55.6 Å². The second kappa shape index (κ2) is 14.3. The highest BCUT2D eigenvalue weighted by Crippen LogP contribution is 2.23. The molecule has 26 heavy (non-hydrogen) atoms. The second-order valence-corrected chi connectivity index (χ2v) is 7.56. The van der Waals surface area contributed by atoms with Crippen molar-refractivity contribution in [1.29, 1.82) is 0 Å². The molecule has 0 saturated carbocycles. The Bertz CT molecular complexity index is 333. The largest absolute Gasteiger partial charge is 0.353 e. The molecule has 1 aliphatic heterocycles. The predicted molar refractivity (Wildman–Crippen MR) is 107 cm³/mol. The van der Waals surface area contributed by atoms with Crippen LogP contribution in [0.3, 0.4) is 0 Å². The van der Waals surface area contributed by atoms with Gasteiger partial charge in [0.1, 0.15) is 0 Å². The topological polar surface area (TPSA) is 42.0 Å². The van der Waals surface area contributed by atoms with Crippen LogP contribution in [0.25, 0.3) is 0 Å². The Kier molecular flexibility index (Phi) is 12.8. The Labute approximate surface area is 161 Å². The van der Waals surface area contributed by atoms with Gasteiger partial charge in [-0.15, -0.1) is 0 Å². The average molecular weight is 371 g/mol. The minimum absolute atomic E-state index is 0.0223. The monoisotopic (exact) mass is 370 g/mol. The van der Waals surface area contributed by atoms with Gasteiger partial charge < -0.3 is 9.47 Å². The molecule has 1 saturated heterocycles. The van der Waals surface area contributed by atoms with Crippen LogP contribution in [0.15, 0.2) is 0 Å². The fourth-order valence-corrected chi connectivity index (χ4v) is 3.41. The lowest BCUT2D eigenvalue weighted by atomic mass is 10.1. The lowest BCUT2D eigenvalue weighted by Gasteiger charge is -2.25.